The SMILES string of the molecule is CCNC(=O)C(C)N(Cc1ccccc1F)C(=O)COc1ccc(C(C)(C)C)cc1. The Morgan fingerprint density at radius 3 is 2.30 bits per heavy atom. The summed E-state index contributed by atoms with van der Waals surface area (Å²) >= 11 is 0. The number of rotatable bonds is 8. The van der Waals surface area contributed by atoms with Gasteiger partial charge in [0.1, 0.15) is 17.6 Å². The number of carbonyl (C=O) groups excluding carboxylic acids is 2. The van der Waals surface area contributed by atoms with Gasteiger partial charge in [0.25, 0.3) is 5.91 Å². The molecule has 2 amide bonds. The number of benzene rings is 2. The molecule has 0 saturated heterocycles. The van der Waals surface area contributed by atoms with Gasteiger partial charge in [-0.1, -0.05) is 51.1 Å². The zero-order chi connectivity index (χ0) is 22.3. The average Bonchev–Trinajstić information content (AvgIpc) is 2.70. The Labute approximate surface area is 178 Å². The largest absolute Gasteiger partial charge is 0.484 e. The molecule has 0 aliphatic heterocycles. The van der Waals surface area contributed by atoms with Gasteiger partial charge in [-0.3, -0.25) is 9.59 Å². The number of carbonyl (C=O) groups is 2. The third kappa shape index (κ3) is 6.31. The van der Waals surface area contributed by atoms with Crippen molar-refractivity contribution in [2.24, 2.45) is 0 Å². The lowest BCUT2D eigenvalue weighted by molar-refractivity contribution is -0.142. The molecule has 30 heavy (non-hydrogen) atoms. The molecule has 1 unspecified atom stereocenters. The van der Waals surface area contributed by atoms with Crippen LogP contribution >= 0.6 is 0 Å². The van der Waals surface area contributed by atoms with Gasteiger partial charge in [-0.2, -0.15) is 0 Å². The molecule has 0 aliphatic carbocycles. The van der Waals surface area contributed by atoms with Gasteiger partial charge in [0, 0.05) is 18.7 Å². The number of hydrogen-bond donors (Lipinski definition) is 1. The minimum Gasteiger partial charge on any atom is -0.484 e. The molecule has 0 aromatic heterocycles. The zero-order valence-corrected chi connectivity index (χ0v) is 18.4. The lowest BCUT2D eigenvalue weighted by Gasteiger charge is -2.28. The first-order valence-electron chi connectivity index (χ1n) is 10.2. The molecule has 5 nitrogen and oxygen atoms in total. The maximum Gasteiger partial charge on any atom is 0.261 e. The van der Waals surface area contributed by atoms with E-state index in [1.165, 1.54) is 11.0 Å². The predicted octanol–water partition coefficient (Wildman–Crippen LogP) is 4.06. The number of ether oxygens (including phenoxy) is 1. The van der Waals surface area contributed by atoms with Crippen molar-refractivity contribution in [1.82, 2.24) is 10.2 Å². The molecule has 0 radical (unpaired) electrons. The van der Waals surface area contributed by atoms with Crippen LogP contribution in [0.1, 0.15) is 45.7 Å². The molecule has 0 heterocycles. The highest BCUT2D eigenvalue weighted by Gasteiger charge is 2.27. The van der Waals surface area contributed by atoms with Crippen LogP contribution < -0.4 is 10.1 Å². The molecule has 2 aromatic carbocycles. The third-order valence-electron chi connectivity index (χ3n) is 4.90. The maximum absolute atomic E-state index is 14.1. The van der Waals surface area contributed by atoms with Crippen LogP contribution in [0.3, 0.4) is 0 Å². The van der Waals surface area contributed by atoms with Crippen molar-refractivity contribution >= 4 is 11.8 Å². The Morgan fingerprint density at radius 1 is 1.10 bits per heavy atom. The second kappa shape index (κ2) is 10.2. The summed E-state index contributed by atoms with van der Waals surface area (Å²) in [5, 5.41) is 2.71. The van der Waals surface area contributed by atoms with Gasteiger partial charge in [-0.15, -0.1) is 0 Å². The van der Waals surface area contributed by atoms with E-state index in [4.69, 9.17) is 4.74 Å². The maximum atomic E-state index is 14.1. The van der Waals surface area contributed by atoms with Crippen molar-refractivity contribution in [2.45, 2.75) is 52.6 Å². The fourth-order valence-electron chi connectivity index (χ4n) is 2.99. The highest BCUT2D eigenvalue weighted by Crippen LogP contribution is 2.24. The number of nitrogens with zero attached hydrogens (tertiary/aromatic N) is 1. The average molecular weight is 415 g/mol. The number of nitrogens with one attached hydrogen (secondary N) is 1. The monoisotopic (exact) mass is 414 g/mol. The Hall–Kier alpha value is -2.89. The molecule has 2 aromatic rings. The molecule has 162 valence electrons. The van der Waals surface area contributed by atoms with Crippen LogP contribution in [0.4, 0.5) is 4.39 Å². The van der Waals surface area contributed by atoms with Crippen molar-refractivity contribution in [3.05, 3.63) is 65.5 Å². The van der Waals surface area contributed by atoms with E-state index in [0.717, 1.165) is 5.56 Å². The smallest absolute Gasteiger partial charge is 0.261 e. The van der Waals surface area contributed by atoms with Crippen LogP contribution in [-0.4, -0.2) is 35.9 Å². The van der Waals surface area contributed by atoms with Gasteiger partial charge < -0.3 is 15.0 Å². The Kier molecular flexibility index (Phi) is 7.98. The lowest BCUT2D eigenvalue weighted by Crippen LogP contribution is -2.49. The second-order valence-electron chi connectivity index (χ2n) is 8.25. The lowest BCUT2D eigenvalue weighted by atomic mass is 9.87. The van der Waals surface area contributed by atoms with Crippen LogP contribution in [0.5, 0.6) is 5.75 Å². The Balaban J connectivity index is 2.13. The molecule has 2 rings (SSSR count). The summed E-state index contributed by atoms with van der Waals surface area (Å²) in [6.45, 7) is 9.98. The van der Waals surface area contributed by atoms with E-state index in [-0.39, 0.29) is 24.5 Å². The van der Waals surface area contributed by atoms with Crippen molar-refractivity contribution in [3.63, 3.8) is 0 Å². The van der Waals surface area contributed by atoms with E-state index < -0.39 is 17.8 Å². The standard InChI is InChI=1S/C24H31FN2O3/c1-6-26-23(29)17(2)27(15-18-9-7-8-10-21(18)25)22(28)16-30-20-13-11-19(12-14-20)24(3,4)5/h7-14,17H,6,15-16H2,1-5H3,(H,26,29). The second-order valence-corrected chi connectivity index (χ2v) is 8.25. The number of halogens is 1. The Bertz CT molecular complexity index is 859. The fraction of sp³-hybridized carbons (Fsp3) is 0.417. The third-order valence-corrected chi connectivity index (χ3v) is 4.90. The van der Waals surface area contributed by atoms with Gasteiger partial charge >= 0.3 is 0 Å². The highest BCUT2D eigenvalue weighted by atomic mass is 19.1. The number of hydrogen-bond acceptors (Lipinski definition) is 3. The van der Waals surface area contributed by atoms with E-state index in [2.05, 4.69) is 26.1 Å². The minimum atomic E-state index is -0.760. The first kappa shape index (κ1) is 23.4. The number of likely N-dealkylation sites (N-methyl/N-ethyl adjacent to an activating group) is 1. The van der Waals surface area contributed by atoms with Crippen LogP contribution in [-0.2, 0) is 21.5 Å². The molecule has 0 bridgehead atoms. The molecule has 0 saturated carbocycles. The van der Waals surface area contributed by atoms with Crippen LogP contribution in [0.25, 0.3) is 0 Å². The van der Waals surface area contributed by atoms with Gasteiger partial charge in [0.05, 0.1) is 0 Å². The van der Waals surface area contributed by atoms with Gasteiger partial charge in [-0.05, 0) is 43.0 Å². The van der Waals surface area contributed by atoms with Crippen LogP contribution in [0.15, 0.2) is 48.5 Å². The van der Waals surface area contributed by atoms with E-state index in [1.807, 2.05) is 24.3 Å². The topological polar surface area (TPSA) is 58.6 Å². The first-order valence-corrected chi connectivity index (χ1v) is 10.2. The molecule has 1 atom stereocenters. The van der Waals surface area contributed by atoms with Crippen LogP contribution in [0.2, 0.25) is 0 Å². The molecule has 0 fully saturated rings. The van der Waals surface area contributed by atoms with E-state index in [1.54, 1.807) is 32.0 Å². The summed E-state index contributed by atoms with van der Waals surface area (Å²) in [6, 6.07) is 13.0. The summed E-state index contributed by atoms with van der Waals surface area (Å²) in [5.41, 5.74) is 1.52. The summed E-state index contributed by atoms with van der Waals surface area (Å²) < 4.78 is 19.8. The highest BCUT2D eigenvalue weighted by molar-refractivity contribution is 5.87. The molecular weight excluding hydrogens is 383 g/mol. The van der Waals surface area contributed by atoms with Crippen molar-refractivity contribution in [3.8, 4) is 5.75 Å². The quantitative estimate of drug-likeness (QED) is 0.709. The number of amides is 2. The first-order chi connectivity index (χ1) is 14.1. The molecule has 6 heteroatoms. The summed E-state index contributed by atoms with van der Waals surface area (Å²) in [6.07, 6.45) is 0. The minimum absolute atomic E-state index is 0.0177. The Morgan fingerprint density at radius 2 is 1.73 bits per heavy atom. The molecule has 1 N–H and O–H groups in total. The van der Waals surface area contributed by atoms with Crippen LogP contribution in [0, 0.1) is 5.82 Å². The summed E-state index contributed by atoms with van der Waals surface area (Å²) in [5.74, 6) is -0.543. The normalized spacial score (nSPS) is 12.2. The van der Waals surface area contributed by atoms with Crippen molar-refractivity contribution < 1.29 is 18.7 Å². The van der Waals surface area contributed by atoms with Crippen molar-refractivity contribution in [2.75, 3.05) is 13.2 Å². The van der Waals surface area contributed by atoms with E-state index >= 15 is 0 Å². The van der Waals surface area contributed by atoms with E-state index in [9.17, 15) is 14.0 Å². The summed E-state index contributed by atoms with van der Waals surface area (Å²) in [7, 11) is 0. The van der Waals surface area contributed by atoms with E-state index in [0.29, 0.717) is 17.9 Å². The predicted molar refractivity (Wildman–Crippen MR) is 116 cm³/mol. The van der Waals surface area contributed by atoms with Gasteiger partial charge in [-0.25, -0.2) is 4.39 Å². The molecule has 0 aliphatic rings. The van der Waals surface area contributed by atoms with Gasteiger partial charge in [0.15, 0.2) is 6.61 Å². The molecular formula is C24H31FN2O3. The van der Waals surface area contributed by atoms with Gasteiger partial charge in [0.2, 0.25) is 5.91 Å². The van der Waals surface area contributed by atoms with Crippen molar-refractivity contribution in [1.29, 1.82) is 0 Å². The summed E-state index contributed by atoms with van der Waals surface area (Å²) in [4.78, 5) is 26.6. The molecule has 0 spiro atoms. The zero-order valence-electron chi connectivity index (χ0n) is 18.4. The fourth-order valence-corrected chi connectivity index (χ4v) is 2.99.